The average Bonchev–Trinajstić information content (AvgIpc) is 2.68. The Bertz CT molecular complexity index is 835. The summed E-state index contributed by atoms with van der Waals surface area (Å²) in [6.45, 7) is 7.65. The molecular weight excluding hydrogens is 374 g/mol. The predicted octanol–water partition coefficient (Wildman–Crippen LogP) is 2.51. The standard InChI is InChI=1S/C20H27N5O2S/c1-13-12-27-10-9-25(13)17-11-16(20(2,3)26)23-18(24-17)14-5-7-15(8-6-14)22-19(28)21-4/h5-8,11,13,26H,9-10,12H2,1-4H3,(H2,21,22,28)/t13-/m0/s1. The first-order valence-electron chi connectivity index (χ1n) is 9.33. The van der Waals surface area contributed by atoms with Crippen LogP contribution >= 0.6 is 12.2 Å². The summed E-state index contributed by atoms with van der Waals surface area (Å²) in [6, 6.07) is 9.81. The first kappa shape index (κ1) is 20.4. The molecule has 150 valence electrons. The Morgan fingerprint density at radius 3 is 2.61 bits per heavy atom. The van der Waals surface area contributed by atoms with Gasteiger partial charge in [-0.2, -0.15) is 0 Å². The third-order valence-corrected chi connectivity index (χ3v) is 4.94. The lowest BCUT2D eigenvalue weighted by Gasteiger charge is -2.35. The smallest absolute Gasteiger partial charge is 0.170 e. The van der Waals surface area contributed by atoms with Crippen molar-refractivity contribution < 1.29 is 9.84 Å². The summed E-state index contributed by atoms with van der Waals surface area (Å²) < 4.78 is 5.54. The minimum absolute atomic E-state index is 0.209. The average molecular weight is 402 g/mol. The van der Waals surface area contributed by atoms with Gasteiger partial charge in [-0.3, -0.25) is 0 Å². The van der Waals surface area contributed by atoms with Crippen LogP contribution < -0.4 is 15.5 Å². The number of benzene rings is 1. The van der Waals surface area contributed by atoms with Gasteiger partial charge in [-0.1, -0.05) is 0 Å². The molecule has 2 heterocycles. The normalized spacial score (nSPS) is 17.3. The first-order valence-corrected chi connectivity index (χ1v) is 9.74. The number of nitrogens with zero attached hydrogens (tertiary/aromatic N) is 3. The van der Waals surface area contributed by atoms with Gasteiger partial charge in [-0.05, 0) is 57.3 Å². The molecular formula is C20H27N5O2S. The van der Waals surface area contributed by atoms with Crippen molar-refractivity contribution in [2.24, 2.45) is 0 Å². The summed E-state index contributed by atoms with van der Waals surface area (Å²) in [5.74, 6) is 1.38. The summed E-state index contributed by atoms with van der Waals surface area (Å²) in [6.07, 6.45) is 0. The predicted molar refractivity (Wildman–Crippen MR) is 116 cm³/mol. The van der Waals surface area contributed by atoms with Crippen LogP contribution in [0.1, 0.15) is 26.5 Å². The van der Waals surface area contributed by atoms with Crippen molar-refractivity contribution >= 4 is 28.8 Å². The summed E-state index contributed by atoms with van der Waals surface area (Å²) in [5.41, 5.74) is 1.27. The van der Waals surface area contributed by atoms with Gasteiger partial charge in [0.25, 0.3) is 0 Å². The molecule has 1 aliphatic rings. The van der Waals surface area contributed by atoms with Crippen LogP contribution in [0.5, 0.6) is 0 Å². The number of aliphatic hydroxyl groups is 1. The third-order valence-electron chi connectivity index (χ3n) is 4.63. The topological polar surface area (TPSA) is 82.5 Å². The maximum Gasteiger partial charge on any atom is 0.170 e. The van der Waals surface area contributed by atoms with Crippen molar-refractivity contribution in [3.63, 3.8) is 0 Å². The first-order chi connectivity index (χ1) is 13.3. The Balaban J connectivity index is 1.97. The quantitative estimate of drug-likeness (QED) is 0.674. The molecule has 0 spiro atoms. The summed E-state index contributed by atoms with van der Waals surface area (Å²) >= 11 is 5.13. The number of nitrogens with one attached hydrogen (secondary N) is 2. The molecule has 0 unspecified atom stereocenters. The third kappa shape index (κ3) is 4.76. The second-order valence-electron chi connectivity index (χ2n) is 7.39. The van der Waals surface area contributed by atoms with E-state index in [9.17, 15) is 5.11 Å². The highest BCUT2D eigenvalue weighted by Crippen LogP contribution is 2.28. The summed E-state index contributed by atoms with van der Waals surface area (Å²) in [5, 5.41) is 17.1. The van der Waals surface area contributed by atoms with E-state index >= 15 is 0 Å². The Morgan fingerprint density at radius 1 is 1.29 bits per heavy atom. The largest absolute Gasteiger partial charge is 0.384 e. The minimum Gasteiger partial charge on any atom is -0.384 e. The Morgan fingerprint density at radius 2 is 2.00 bits per heavy atom. The fraction of sp³-hybridized carbons (Fsp3) is 0.450. The van der Waals surface area contributed by atoms with E-state index in [1.165, 1.54) is 0 Å². The lowest BCUT2D eigenvalue weighted by molar-refractivity contribution is 0.0736. The van der Waals surface area contributed by atoms with Crippen molar-refractivity contribution in [3.8, 4) is 11.4 Å². The van der Waals surface area contributed by atoms with Crippen LogP contribution in [0.25, 0.3) is 11.4 Å². The fourth-order valence-corrected chi connectivity index (χ4v) is 3.11. The molecule has 7 nitrogen and oxygen atoms in total. The van der Waals surface area contributed by atoms with Gasteiger partial charge in [0.05, 0.1) is 24.9 Å². The van der Waals surface area contributed by atoms with E-state index in [-0.39, 0.29) is 6.04 Å². The van der Waals surface area contributed by atoms with E-state index in [1.54, 1.807) is 20.9 Å². The molecule has 0 saturated carbocycles. The number of rotatable bonds is 4. The van der Waals surface area contributed by atoms with Crippen molar-refractivity contribution in [2.75, 3.05) is 37.0 Å². The Kier molecular flexibility index (Phi) is 6.12. The molecule has 1 aliphatic heterocycles. The van der Waals surface area contributed by atoms with Crippen molar-refractivity contribution in [3.05, 3.63) is 36.0 Å². The second-order valence-corrected chi connectivity index (χ2v) is 7.80. The zero-order chi connectivity index (χ0) is 20.3. The molecule has 1 saturated heterocycles. The molecule has 3 rings (SSSR count). The Hall–Kier alpha value is -2.29. The Labute approximate surface area is 171 Å². The molecule has 1 aromatic heterocycles. The van der Waals surface area contributed by atoms with Crippen molar-refractivity contribution in [1.82, 2.24) is 15.3 Å². The van der Waals surface area contributed by atoms with Crippen LogP contribution in [0.3, 0.4) is 0 Å². The van der Waals surface area contributed by atoms with Gasteiger partial charge in [0.1, 0.15) is 11.4 Å². The van der Waals surface area contributed by atoms with E-state index in [1.807, 2.05) is 30.3 Å². The number of hydrogen-bond donors (Lipinski definition) is 3. The lowest BCUT2D eigenvalue weighted by atomic mass is 10.0. The van der Waals surface area contributed by atoms with E-state index in [2.05, 4.69) is 27.4 Å². The molecule has 1 atom stereocenters. The minimum atomic E-state index is -1.07. The second kappa shape index (κ2) is 8.38. The highest BCUT2D eigenvalue weighted by atomic mass is 32.1. The number of ether oxygens (including phenoxy) is 1. The number of thiocarbonyl (C=S) groups is 1. The van der Waals surface area contributed by atoms with Gasteiger partial charge < -0.3 is 25.4 Å². The van der Waals surface area contributed by atoms with E-state index in [0.29, 0.717) is 29.8 Å². The highest BCUT2D eigenvalue weighted by Gasteiger charge is 2.25. The van der Waals surface area contributed by atoms with Gasteiger partial charge >= 0.3 is 0 Å². The monoisotopic (exact) mass is 401 g/mol. The van der Waals surface area contributed by atoms with E-state index in [0.717, 1.165) is 23.6 Å². The molecule has 1 fully saturated rings. The molecule has 0 aliphatic carbocycles. The number of anilines is 2. The van der Waals surface area contributed by atoms with E-state index < -0.39 is 5.60 Å². The maximum absolute atomic E-state index is 10.6. The zero-order valence-corrected chi connectivity index (χ0v) is 17.5. The van der Waals surface area contributed by atoms with Gasteiger partial charge in [-0.25, -0.2) is 9.97 Å². The summed E-state index contributed by atoms with van der Waals surface area (Å²) in [7, 11) is 1.77. The fourth-order valence-electron chi connectivity index (χ4n) is 2.99. The highest BCUT2D eigenvalue weighted by molar-refractivity contribution is 7.80. The number of aromatic nitrogens is 2. The van der Waals surface area contributed by atoms with Crippen LogP contribution in [-0.4, -0.2) is 53.0 Å². The number of morpholine rings is 1. The van der Waals surface area contributed by atoms with Crippen molar-refractivity contribution in [1.29, 1.82) is 0 Å². The summed E-state index contributed by atoms with van der Waals surface area (Å²) in [4.78, 5) is 11.6. The van der Waals surface area contributed by atoms with Crippen LogP contribution in [0.15, 0.2) is 30.3 Å². The SMILES string of the molecule is CNC(=S)Nc1ccc(-c2nc(N3CCOC[C@@H]3C)cc(C(C)(C)O)n2)cc1. The molecule has 3 N–H and O–H groups in total. The molecule has 0 radical (unpaired) electrons. The lowest BCUT2D eigenvalue weighted by Crippen LogP contribution is -2.44. The molecule has 0 amide bonds. The number of hydrogen-bond acceptors (Lipinski definition) is 6. The van der Waals surface area contributed by atoms with Gasteiger partial charge in [0, 0.05) is 30.9 Å². The molecule has 2 aromatic rings. The van der Waals surface area contributed by atoms with Gasteiger partial charge in [0.15, 0.2) is 10.9 Å². The van der Waals surface area contributed by atoms with Gasteiger partial charge in [0.2, 0.25) is 0 Å². The van der Waals surface area contributed by atoms with Crippen LogP contribution in [0.2, 0.25) is 0 Å². The van der Waals surface area contributed by atoms with Gasteiger partial charge in [-0.15, -0.1) is 0 Å². The maximum atomic E-state index is 10.6. The molecule has 8 heteroatoms. The van der Waals surface area contributed by atoms with Crippen LogP contribution in [-0.2, 0) is 10.3 Å². The molecule has 0 bridgehead atoms. The molecule has 1 aromatic carbocycles. The zero-order valence-electron chi connectivity index (χ0n) is 16.7. The van der Waals surface area contributed by atoms with Crippen LogP contribution in [0.4, 0.5) is 11.5 Å². The van der Waals surface area contributed by atoms with Crippen molar-refractivity contribution in [2.45, 2.75) is 32.4 Å². The van der Waals surface area contributed by atoms with Crippen LogP contribution in [0, 0.1) is 0 Å². The molecule has 28 heavy (non-hydrogen) atoms. The van der Waals surface area contributed by atoms with E-state index in [4.69, 9.17) is 21.9 Å².